The SMILES string of the molecule is [2H]c1c([2H])c([2H])c(-c2cc(C(C)(C)C)cc(-c3c([2H])c([2H])c([2H])c([2H])c3[2H])c2-n2[c](=[Pt])n(-c3cccc(Oc4ccc5c(c4)N(c4cc(C(C)(C)C)ccn4)B(C)n4nccc4-5)c3)c3ccccc32)c([2H])c1[2H]. The summed E-state index contributed by atoms with van der Waals surface area (Å²) in [7, 11) is 0. The van der Waals surface area contributed by atoms with Gasteiger partial charge in [0, 0.05) is 12.4 Å². The molecule has 9 heteroatoms. The second-order valence-corrected chi connectivity index (χ2v) is 18.7. The van der Waals surface area contributed by atoms with Crippen LogP contribution in [-0.4, -0.2) is 30.8 Å². The monoisotopic (exact) mass is 1010 g/mol. The van der Waals surface area contributed by atoms with Crippen LogP contribution in [0.3, 0.4) is 0 Å². The van der Waals surface area contributed by atoms with Crippen LogP contribution in [0, 0.1) is 3.80 Å². The van der Waals surface area contributed by atoms with Crippen molar-refractivity contribution in [2.24, 2.45) is 0 Å². The van der Waals surface area contributed by atoms with Gasteiger partial charge in [-0.05, 0) is 17.0 Å². The van der Waals surface area contributed by atoms with Crippen molar-refractivity contribution in [1.29, 1.82) is 0 Å². The predicted molar refractivity (Wildman–Crippen MR) is 255 cm³/mol. The molecule has 9 aromatic rings. The quantitative estimate of drug-likeness (QED) is 0.149. The molecule has 10 rings (SSSR count). The van der Waals surface area contributed by atoms with Gasteiger partial charge in [0.1, 0.15) is 0 Å². The van der Waals surface area contributed by atoms with E-state index in [2.05, 4.69) is 62.9 Å². The predicted octanol–water partition coefficient (Wildman–Crippen LogP) is 13.6. The first kappa shape index (κ1) is 30.5. The minimum atomic E-state index is -0.625. The molecule has 0 unspecified atom stereocenters. The molecular weight excluding hydrogens is 955 g/mol. The number of ether oxygens (including phenoxy) is 1. The zero-order chi connectivity index (χ0) is 52.3. The summed E-state index contributed by atoms with van der Waals surface area (Å²) in [4.78, 5) is 7.02. The number of pyridine rings is 1. The van der Waals surface area contributed by atoms with Crippen LogP contribution in [0.2, 0.25) is 6.82 Å². The van der Waals surface area contributed by atoms with Crippen LogP contribution in [0.5, 0.6) is 11.5 Å². The van der Waals surface area contributed by atoms with Crippen molar-refractivity contribution >= 4 is 29.5 Å². The molecule has 0 saturated carbocycles. The average molecular weight is 1010 g/mol. The zero-order valence-electron chi connectivity index (χ0n) is 45.9. The molecular formula is C54H49BN6OPt. The van der Waals surface area contributed by atoms with Crippen molar-refractivity contribution in [2.45, 2.75) is 59.2 Å². The fourth-order valence-corrected chi connectivity index (χ4v) is 9.40. The third kappa shape index (κ3) is 7.30. The number of imidazole rings is 1. The van der Waals surface area contributed by atoms with Crippen molar-refractivity contribution in [2.75, 3.05) is 4.81 Å². The fourth-order valence-electron chi connectivity index (χ4n) is 8.31. The first-order chi connectivity index (χ1) is 34.5. The summed E-state index contributed by atoms with van der Waals surface area (Å²) in [6.07, 6.45) is 3.65. The van der Waals surface area contributed by atoms with Crippen molar-refractivity contribution in [3.8, 4) is 56.4 Å². The Morgan fingerprint density at radius 3 is 1.90 bits per heavy atom. The Balaban J connectivity index is 1.19. The maximum atomic E-state index is 9.29. The molecule has 314 valence electrons. The van der Waals surface area contributed by atoms with Crippen LogP contribution in [0.1, 0.15) is 66.4 Å². The topological polar surface area (TPSA) is 53.0 Å². The fraction of sp³-hybridized carbons (Fsp3) is 0.167. The molecule has 4 heterocycles. The number of hydrogen-bond acceptors (Lipinski definition) is 4. The van der Waals surface area contributed by atoms with Gasteiger partial charge in [-0.15, -0.1) is 0 Å². The minimum absolute atomic E-state index is 0.100. The van der Waals surface area contributed by atoms with Crippen LogP contribution < -0.4 is 9.55 Å². The normalized spacial score (nSPS) is 14.9. The Morgan fingerprint density at radius 2 is 1.25 bits per heavy atom. The van der Waals surface area contributed by atoms with Crippen LogP contribution in [0.4, 0.5) is 11.5 Å². The van der Waals surface area contributed by atoms with E-state index in [0.29, 0.717) is 37.6 Å². The van der Waals surface area contributed by atoms with E-state index in [1.165, 1.54) is 0 Å². The first-order valence-electron chi connectivity index (χ1n) is 25.7. The summed E-state index contributed by atoms with van der Waals surface area (Å²) in [5.74, 6) is 1.89. The molecule has 3 aromatic heterocycles. The molecule has 63 heavy (non-hydrogen) atoms. The van der Waals surface area contributed by atoms with E-state index >= 15 is 0 Å². The van der Waals surface area contributed by atoms with E-state index in [0.717, 1.165) is 28.3 Å². The van der Waals surface area contributed by atoms with Crippen molar-refractivity contribution < 1.29 is 37.8 Å². The van der Waals surface area contributed by atoms with E-state index in [9.17, 15) is 5.48 Å². The molecule has 0 saturated heterocycles. The molecule has 0 bridgehead atoms. The number of rotatable bonds is 7. The van der Waals surface area contributed by atoms with Crippen LogP contribution >= 0.6 is 0 Å². The van der Waals surface area contributed by atoms with Gasteiger partial charge < -0.3 is 0 Å². The Morgan fingerprint density at radius 1 is 0.619 bits per heavy atom. The van der Waals surface area contributed by atoms with Gasteiger partial charge in [-0.2, -0.15) is 5.10 Å². The van der Waals surface area contributed by atoms with Crippen LogP contribution in [0.15, 0.2) is 170 Å². The maximum absolute atomic E-state index is 9.29. The summed E-state index contributed by atoms with van der Waals surface area (Å²) in [5, 5.41) is 4.69. The van der Waals surface area contributed by atoms with Gasteiger partial charge in [0.05, 0.1) is 0 Å². The number of nitrogens with zero attached hydrogens (tertiary/aromatic N) is 6. The van der Waals surface area contributed by atoms with Gasteiger partial charge in [0.25, 0.3) is 0 Å². The molecule has 1 aliphatic rings. The molecule has 0 atom stereocenters. The van der Waals surface area contributed by atoms with Crippen molar-refractivity contribution in [3.05, 3.63) is 185 Å². The van der Waals surface area contributed by atoms with Gasteiger partial charge in [-0.25, -0.2) is 0 Å². The molecule has 0 radical (unpaired) electrons. The van der Waals surface area contributed by atoms with Crippen LogP contribution in [-0.2, 0) is 30.2 Å². The summed E-state index contributed by atoms with van der Waals surface area (Å²) < 4.78 is 102. The third-order valence-corrected chi connectivity index (χ3v) is 12.5. The summed E-state index contributed by atoms with van der Waals surface area (Å²) >= 11 is 2.19. The third-order valence-electron chi connectivity index (χ3n) is 11.5. The van der Waals surface area contributed by atoms with Crippen molar-refractivity contribution in [3.63, 3.8) is 0 Å². The standard InChI is InChI=1S/C54H49BN6O.Pt/c1-53(2,3)39-27-29-56-51(33-39)60-50-35-43(25-26-44(50)47-28-30-57-61(47)55(60)7)62-42-22-16-21-41(34-42)58-36-59(49-24-15-14-23-48(49)58)52-45(37-17-10-8-11-18-37)31-40(54(4,5)6)32-46(52)38-19-12-9-13-20-38;/h8-35H,1-7H3;/i8D,9D,10D,11D,12D,13D,17D,18D,19D,20D;. The van der Waals surface area contributed by atoms with E-state index in [-0.39, 0.29) is 40.3 Å². The molecule has 7 nitrogen and oxygen atoms in total. The average Bonchev–Trinajstić information content (AvgIpc) is 3.97. The van der Waals surface area contributed by atoms with Crippen molar-refractivity contribution in [1.82, 2.24) is 23.8 Å². The number of benzene rings is 6. The van der Waals surface area contributed by atoms with Gasteiger partial charge in [-0.1, -0.05) is 20.8 Å². The van der Waals surface area contributed by atoms with Gasteiger partial charge in [0.2, 0.25) is 0 Å². The molecule has 6 aromatic carbocycles. The molecule has 0 amide bonds. The van der Waals surface area contributed by atoms with E-state index < -0.39 is 65.8 Å². The van der Waals surface area contributed by atoms with Crippen LogP contribution in [0.25, 0.3) is 55.9 Å². The summed E-state index contributed by atoms with van der Waals surface area (Å²) in [6, 6.07) is 25.9. The molecule has 0 aliphatic carbocycles. The van der Waals surface area contributed by atoms with E-state index in [4.69, 9.17) is 17.9 Å². The Bertz CT molecular complexity index is 3690. The Kier molecular flexibility index (Phi) is 7.61. The summed E-state index contributed by atoms with van der Waals surface area (Å²) in [5.41, 5.74) is 6.42. The second-order valence-electron chi connectivity index (χ2n) is 17.7. The Labute approximate surface area is 394 Å². The first-order valence-corrected chi connectivity index (χ1v) is 21.9. The van der Waals surface area contributed by atoms with Gasteiger partial charge >= 0.3 is 341 Å². The number of hydrogen-bond donors (Lipinski definition) is 0. The second kappa shape index (κ2) is 15.7. The number of para-hydroxylation sites is 2. The number of anilines is 2. The molecule has 0 N–H and O–H groups in total. The van der Waals surface area contributed by atoms with Gasteiger partial charge in [0.15, 0.2) is 0 Å². The molecule has 0 spiro atoms. The van der Waals surface area contributed by atoms with Gasteiger partial charge in [-0.3, -0.25) is 0 Å². The zero-order valence-corrected chi connectivity index (χ0v) is 38.1. The molecule has 0 fully saturated rings. The van der Waals surface area contributed by atoms with E-state index in [1.54, 1.807) is 18.3 Å². The van der Waals surface area contributed by atoms with E-state index in [1.807, 2.05) is 120 Å². The summed E-state index contributed by atoms with van der Waals surface area (Å²) in [6.45, 7) is 14.3. The number of aromatic nitrogens is 5. The number of fused-ring (bicyclic) bond motifs is 4. The molecule has 1 aliphatic heterocycles. The Hall–Kier alpha value is -6.50.